The molecule has 1 fully saturated rings. The normalized spacial score (nSPS) is 15.2. The molecule has 0 aromatic heterocycles. The summed E-state index contributed by atoms with van der Waals surface area (Å²) in [5.74, 6) is -0.259. The first-order valence-electron chi connectivity index (χ1n) is 11.8. The quantitative estimate of drug-likeness (QED) is 0.481. The van der Waals surface area contributed by atoms with Crippen molar-refractivity contribution in [3.05, 3.63) is 95.6 Å². The summed E-state index contributed by atoms with van der Waals surface area (Å²) >= 11 is 0. The van der Waals surface area contributed by atoms with Crippen molar-refractivity contribution in [1.82, 2.24) is 4.90 Å². The van der Waals surface area contributed by atoms with Gasteiger partial charge in [0.25, 0.3) is 0 Å². The third-order valence-corrected chi connectivity index (χ3v) is 5.95. The van der Waals surface area contributed by atoms with Crippen LogP contribution in [0.1, 0.15) is 36.5 Å². The first-order chi connectivity index (χ1) is 17.0. The predicted octanol–water partition coefficient (Wildman–Crippen LogP) is 4.99. The van der Waals surface area contributed by atoms with E-state index in [1.807, 2.05) is 91.0 Å². The number of hydrogen-bond donors (Lipinski definition) is 2. The van der Waals surface area contributed by atoms with Crippen LogP contribution in [0.15, 0.2) is 78.9 Å². The van der Waals surface area contributed by atoms with Gasteiger partial charge in [-0.05, 0) is 53.8 Å². The molecule has 3 aromatic carbocycles. The molecule has 0 bridgehead atoms. The standard InChI is InChI=1S/C29H29N3O3/c1-21(33)30-25-15-11-22(12-16-25)9-10-23-13-17-26(18-14-23)31-29(35)27-8-5-19-32(27)28(34)20-24-6-3-2-4-7-24/h2-4,6-7,9-18,27H,5,8,19-20H2,1H3,(H,30,33)(H,31,35)/b10-9+/t27-/m0/s1. The average molecular weight is 468 g/mol. The number of likely N-dealkylation sites (tertiary alicyclic amines) is 1. The second-order valence-electron chi connectivity index (χ2n) is 8.66. The number of carbonyl (C=O) groups excluding carboxylic acids is 3. The monoisotopic (exact) mass is 467 g/mol. The van der Waals surface area contributed by atoms with Gasteiger partial charge in [0.05, 0.1) is 6.42 Å². The van der Waals surface area contributed by atoms with Gasteiger partial charge in [-0.25, -0.2) is 0 Å². The summed E-state index contributed by atoms with van der Waals surface area (Å²) in [6, 6.07) is 24.4. The molecule has 178 valence electrons. The average Bonchev–Trinajstić information content (AvgIpc) is 3.35. The zero-order chi connectivity index (χ0) is 24.6. The maximum atomic E-state index is 12.9. The van der Waals surface area contributed by atoms with E-state index in [2.05, 4.69) is 10.6 Å². The lowest BCUT2D eigenvalue weighted by molar-refractivity contribution is -0.136. The summed E-state index contributed by atoms with van der Waals surface area (Å²) < 4.78 is 0. The van der Waals surface area contributed by atoms with Gasteiger partial charge < -0.3 is 15.5 Å². The second kappa shape index (κ2) is 11.3. The van der Waals surface area contributed by atoms with Gasteiger partial charge in [0, 0.05) is 24.8 Å². The van der Waals surface area contributed by atoms with Crippen molar-refractivity contribution in [1.29, 1.82) is 0 Å². The Hall–Kier alpha value is -4.19. The van der Waals surface area contributed by atoms with Crippen LogP contribution in [-0.4, -0.2) is 35.2 Å². The summed E-state index contributed by atoms with van der Waals surface area (Å²) in [6.45, 7) is 2.09. The molecule has 4 rings (SSSR count). The van der Waals surface area contributed by atoms with Crippen LogP contribution in [0.5, 0.6) is 0 Å². The van der Waals surface area contributed by atoms with E-state index < -0.39 is 6.04 Å². The number of anilines is 2. The van der Waals surface area contributed by atoms with Gasteiger partial charge in [0.1, 0.15) is 6.04 Å². The molecule has 3 aromatic rings. The Morgan fingerprint density at radius 1 is 0.829 bits per heavy atom. The zero-order valence-corrected chi connectivity index (χ0v) is 19.7. The minimum atomic E-state index is -0.439. The van der Waals surface area contributed by atoms with E-state index in [9.17, 15) is 14.4 Å². The highest BCUT2D eigenvalue weighted by atomic mass is 16.2. The molecule has 0 saturated carbocycles. The van der Waals surface area contributed by atoms with Crippen molar-refractivity contribution in [3.63, 3.8) is 0 Å². The highest BCUT2D eigenvalue weighted by Crippen LogP contribution is 2.21. The van der Waals surface area contributed by atoms with Gasteiger partial charge in [-0.1, -0.05) is 66.7 Å². The highest BCUT2D eigenvalue weighted by Gasteiger charge is 2.33. The summed E-state index contributed by atoms with van der Waals surface area (Å²) in [4.78, 5) is 38.6. The van der Waals surface area contributed by atoms with Crippen LogP contribution in [0.2, 0.25) is 0 Å². The van der Waals surface area contributed by atoms with Crippen molar-refractivity contribution < 1.29 is 14.4 Å². The molecule has 1 aliphatic heterocycles. The molecule has 2 N–H and O–H groups in total. The van der Waals surface area contributed by atoms with Crippen molar-refractivity contribution in [2.45, 2.75) is 32.2 Å². The fraction of sp³-hybridized carbons (Fsp3) is 0.207. The van der Waals surface area contributed by atoms with Gasteiger partial charge in [-0.15, -0.1) is 0 Å². The molecular formula is C29H29N3O3. The minimum absolute atomic E-state index is 0.0144. The number of hydrogen-bond acceptors (Lipinski definition) is 3. The Balaban J connectivity index is 1.33. The molecule has 1 heterocycles. The first kappa shape index (κ1) is 24.0. The second-order valence-corrected chi connectivity index (χ2v) is 8.66. The lowest BCUT2D eigenvalue weighted by Crippen LogP contribution is -2.43. The van der Waals surface area contributed by atoms with Crippen LogP contribution in [0.25, 0.3) is 12.2 Å². The number of carbonyl (C=O) groups is 3. The predicted molar refractivity (Wildman–Crippen MR) is 140 cm³/mol. The molecule has 6 nitrogen and oxygen atoms in total. The van der Waals surface area contributed by atoms with E-state index in [0.717, 1.165) is 28.8 Å². The number of rotatable bonds is 7. The zero-order valence-electron chi connectivity index (χ0n) is 19.7. The van der Waals surface area contributed by atoms with Crippen LogP contribution in [0.3, 0.4) is 0 Å². The highest BCUT2D eigenvalue weighted by molar-refractivity contribution is 5.98. The Bertz CT molecular complexity index is 1200. The molecule has 1 saturated heterocycles. The molecule has 1 atom stereocenters. The molecular weight excluding hydrogens is 438 g/mol. The fourth-order valence-electron chi connectivity index (χ4n) is 4.19. The molecule has 6 heteroatoms. The summed E-state index contributed by atoms with van der Waals surface area (Å²) in [7, 11) is 0. The maximum absolute atomic E-state index is 12.9. The van der Waals surface area contributed by atoms with Gasteiger partial charge in [-0.2, -0.15) is 0 Å². The molecule has 0 spiro atoms. The van der Waals surface area contributed by atoms with Crippen LogP contribution in [0, 0.1) is 0 Å². The molecule has 0 radical (unpaired) electrons. The summed E-state index contributed by atoms with van der Waals surface area (Å²) in [5, 5.41) is 5.71. The molecule has 3 amide bonds. The third-order valence-electron chi connectivity index (χ3n) is 5.95. The van der Waals surface area contributed by atoms with E-state index in [1.54, 1.807) is 4.90 Å². The maximum Gasteiger partial charge on any atom is 0.247 e. The smallest absolute Gasteiger partial charge is 0.247 e. The Morgan fingerprint density at radius 2 is 1.40 bits per heavy atom. The molecule has 0 unspecified atom stereocenters. The number of amides is 3. The Morgan fingerprint density at radius 3 is 1.97 bits per heavy atom. The van der Waals surface area contributed by atoms with E-state index in [1.165, 1.54) is 6.92 Å². The fourth-order valence-corrected chi connectivity index (χ4v) is 4.19. The van der Waals surface area contributed by atoms with Crippen LogP contribution in [0.4, 0.5) is 11.4 Å². The lowest BCUT2D eigenvalue weighted by Gasteiger charge is -2.24. The minimum Gasteiger partial charge on any atom is -0.330 e. The first-order valence-corrected chi connectivity index (χ1v) is 11.8. The van der Waals surface area contributed by atoms with Gasteiger partial charge >= 0.3 is 0 Å². The summed E-state index contributed by atoms with van der Waals surface area (Å²) in [5.41, 5.74) is 4.43. The van der Waals surface area contributed by atoms with Crippen LogP contribution >= 0.6 is 0 Å². The van der Waals surface area contributed by atoms with Crippen molar-refractivity contribution in [3.8, 4) is 0 Å². The van der Waals surface area contributed by atoms with Crippen molar-refractivity contribution >= 4 is 41.2 Å². The van der Waals surface area contributed by atoms with E-state index in [0.29, 0.717) is 25.1 Å². The SMILES string of the molecule is CC(=O)Nc1ccc(/C=C/c2ccc(NC(=O)[C@@H]3CCCN3C(=O)Cc3ccccc3)cc2)cc1. The van der Waals surface area contributed by atoms with Gasteiger partial charge in [0.15, 0.2) is 0 Å². The van der Waals surface area contributed by atoms with E-state index >= 15 is 0 Å². The Labute approximate surface area is 205 Å². The van der Waals surface area contributed by atoms with Gasteiger partial charge in [0.2, 0.25) is 17.7 Å². The van der Waals surface area contributed by atoms with Crippen LogP contribution < -0.4 is 10.6 Å². The number of benzene rings is 3. The van der Waals surface area contributed by atoms with Gasteiger partial charge in [-0.3, -0.25) is 14.4 Å². The third kappa shape index (κ3) is 6.67. The van der Waals surface area contributed by atoms with Crippen molar-refractivity contribution in [2.24, 2.45) is 0 Å². The molecule has 35 heavy (non-hydrogen) atoms. The van der Waals surface area contributed by atoms with E-state index in [4.69, 9.17) is 0 Å². The molecule has 0 aliphatic carbocycles. The Kier molecular flexibility index (Phi) is 7.73. The molecule has 1 aliphatic rings. The summed E-state index contributed by atoms with van der Waals surface area (Å²) in [6.07, 6.45) is 5.78. The number of nitrogens with one attached hydrogen (secondary N) is 2. The topological polar surface area (TPSA) is 78.5 Å². The number of nitrogens with zero attached hydrogens (tertiary/aromatic N) is 1. The van der Waals surface area contributed by atoms with E-state index in [-0.39, 0.29) is 17.7 Å². The largest absolute Gasteiger partial charge is 0.330 e. The van der Waals surface area contributed by atoms with Crippen molar-refractivity contribution in [2.75, 3.05) is 17.2 Å². The lowest BCUT2D eigenvalue weighted by atomic mass is 10.1. The van der Waals surface area contributed by atoms with Crippen LogP contribution in [-0.2, 0) is 20.8 Å².